The highest BCUT2D eigenvalue weighted by molar-refractivity contribution is 7.94. The molecule has 2 N–H and O–H groups in total. The molecule has 116 valence electrons. The summed E-state index contributed by atoms with van der Waals surface area (Å²) in [4.78, 5) is 0. The largest absolute Gasteiger partial charge is 0.313 e. The van der Waals surface area contributed by atoms with Gasteiger partial charge in [0.2, 0.25) is 0 Å². The summed E-state index contributed by atoms with van der Waals surface area (Å²) in [5, 5.41) is 9.25. The number of hydrogen-bond acceptors (Lipinski definition) is 5. The Labute approximate surface area is 129 Å². The van der Waals surface area contributed by atoms with Crippen LogP contribution < -0.4 is 10.0 Å². The smallest absolute Gasteiger partial charge is 0.271 e. The van der Waals surface area contributed by atoms with Crippen molar-refractivity contribution in [3.05, 3.63) is 28.9 Å². The van der Waals surface area contributed by atoms with Gasteiger partial charge < -0.3 is 5.32 Å². The average molecular weight is 328 g/mol. The maximum absolute atomic E-state index is 12.3. The summed E-state index contributed by atoms with van der Waals surface area (Å²) in [6.45, 7) is 5.47. The Balaban J connectivity index is 2.11. The van der Waals surface area contributed by atoms with Crippen LogP contribution in [0.5, 0.6) is 0 Å². The lowest BCUT2D eigenvalue weighted by molar-refractivity contribution is 0.603. The Bertz CT molecular complexity index is 704. The van der Waals surface area contributed by atoms with E-state index in [4.69, 9.17) is 0 Å². The topological polar surface area (TPSA) is 76.0 Å². The van der Waals surface area contributed by atoms with E-state index in [-0.39, 0.29) is 0 Å². The number of rotatable bonds is 7. The quantitative estimate of drug-likeness (QED) is 0.763. The van der Waals surface area contributed by atoms with E-state index in [1.807, 2.05) is 5.38 Å². The Morgan fingerprint density at radius 1 is 1.43 bits per heavy atom. The molecule has 0 amide bonds. The zero-order chi connectivity index (χ0) is 15.5. The fraction of sp³-hybridized carbons (Fsp3) is 0.462. The number of thiophene rings is 1. The zero-order valence-electron chi connectivity index (χ0n) is 12.4. The Morgan fingerprint density at radius 3 is 2.81 bits per heavy atom. The van der Waals surface area contributed by atoms with Crippen molar-refractivity contribution in [1.29, 1.82) is 0 Å². The van der Waals surface area contributed by atoms with E-state index in [1.165, 1.54) is 11.3 Å². The molecule has 0 aliphatic heterocycles. The average Bonchev–Trinajstić information content (AvgIpc) is 2.98. The number of hydrogen-bond donors (Lipinski definition) is 2. The molecule has 2 aromatic rings. The molecule has 0 fully saturated rings. The summed E-state index contributed by atoms with van der Waals surface area (Å²) >= 11 is 1.23. The zero-order valence-corrected chi connectivity index (χ0v) is 14.0. The minimum Gasteiger partial charge on any atom is -0.313 e. The second-order valence-electron chi connectivity index (χ2n) is 4.86. The summed E-state index contributed by atoms with van der Waals surface area (Å²) < 4.78 is 29.2. The third-order valence-corrected chi connectivity index (χ3v) is 5.76. The van der Waals surface area contributed by atoms with Crippen molar-refractivity contribution < 1.29 is 8.42 Å². The first-order valence-corrected chi connectivity index (χ1v) is 9.10. The van der Waals surface area contributed by atoms with Crippen LogP contribution in [0.4, 0.5) is 5.69 Å². The number of aromatic nitrogens is 2. The Kier molecular flexibility index (Phi) is 5.02. The number of anilines is 1. The molecular formula is C13H20N4O2S2. The van der Waals surface area contributed by atoms with Crippen LogP contribution in [0.2, 0.25) is 0 Å². The molecule has 0 radical (unpaired) electrons. The van der Waals surface area contributed by atoms with Crippen molar-refractivity contribution in [1.82, 2.24) is 15.1 Å². The minimum absolute atomic E-state index is 0.319. The molecule has 0 bridgehead atoms. The third kappa shape index (κ3) is 4.05. The van der Waals surface area contributed by atoms with Gasteiger partial charge in [0, 0.05) is 19.8 Å². The first-order valence-electron chi connectivity index (χ1n) is 6.73. The van der Waals surface area contributed by atoms with Crippen LogP contribution in [-0.2, 0) is 23.6 Å². The first-order chi connectivity index (χ1) is 9.92. The molecule has 21 heavy (non-hydrogen) atoms. The van der Waals surface area contributed by atoms with Crippen molar-refractivity contribution >= 4 is 27.0 Å². The van der Waals surface area contributed by atoms with Crippen molar-refractivity contribution in [3.8, 4) is 0 Å². The highest BCUT2D eigenvalue weighted by atomic mass is 32.2. The van der Waals surface area contributed by atoms with Crippen molar-refractivity contribution in [2.24, 2.45) is 7.05 Å². The normalized spacial score (nSPS) is 11.8. The fourth-order valence-electron chi connectivity index (χ4n) is 1.89. The van der Waals surface area contributed by atoms with Crippen molar-refractivity contribution in [3.63, 3.8) is 0 Å². The molecular weight excluding hydrogens is 308 g/mol. The van der Waals surface area contributed by atoms with Crippen molar-refractivity contribution in [2.75, 3.05) is 11.3 Å². The summed E-state index contributed by atoms with van der Waals surface area (Å²) in [6, 6.07) is 1.71. The van der Waals surface area contributed by atoms with Crippen LogP contribution in [0, 0.1) is 6.92 Å². The van der Waals surface area contributed by atoms with E-state index in [0.29, 0.717) is 22.1 Å². The second-order valence-corrected chi connectivity index (χ2v) is 7.68. The molecule has 8 heteroatoms. The van der Waals surface area contributed by atoms with Crippen LogP contribution >= 0.6 is 11.3 Å². The summed E-state index contributed by atoms with van der Waals surface area (Å²) in [5.41, 5.74) is 2.15. The van der Waals surface area contributed by atoms with Gasteiger partial charge in [0.25, 0.3) is 10.0 Å². The number of aryl methyl sites for hydroxylation is 2. The molecule has 0 aliphatic carbocycles. The Morgan fingerprint density at radius 2 is 2.19 bits per heavy atom. The van der Waals surface area contributed by atoms with Gasteiger partial charge in [-0.05, 0) is 36.9 Å². The van der Waals surface area contributed by atoms with Gasteiger partial charge in [-0.25, -0.2) is 8.42 Å². The SMILES string of the molecule is CCCNCc1csc(S(=O)(=O)Nc2cn(C)nc2C)c1. The predicted molar refractivity (Wildman–Crippen MR) is 85.1 cm³/mol. The van der Waals surface area contributed by atoms with Crippen molar-refractivity contribution in [2.45, 2.75) is 31.0 Å². The van der Waals surface area contributed by atoms with Crippen LogP contribution in [0.3, 0.4) is 0 Å². The van der Waals surface area contributed by atoms with Gasteiger partial charge in [-0.3, -0.25) is 9.40 Å². The monoisotopic (exact) mass is 328 g/mol. The molecule has 6 nitrogen and oxygen atoms in total. The lowest BCUT2D eigenvalue weighted by Gasteiger charge is -2.04. The molecule has 0 unspecified atom stereocenters. The number of sulfonamides is 1. The minimum atomic E-state index is -3.54. The lowest BCUT2D eigenvalue weighted by Crippen LogP contribution is -2.14. The maximum atomic E-state index is 12.3. The van der Waals surface area contributed by atoms with E-state index in [0.717, 1.165) is 18.5 Å². The molecule has 0 atom stereocenters. The molecule has 2 heterocycles. The summed E-state index contributed by atoms with van der Waals surface area (Å²) in [7, 11) is -1.79. The summed E-state index contributed by atoms with van der Waals surface area (Å²) in [5.74, 6) is 0. The van der Waals surface area contributed by atoms with Crippen LogP contribution in [-0.4, -0.2) is 24.7 Å². The van der Waals surface area contributed by atoms with Gasteiger partial charge in [0.1, 0.15) is 4.21 Å². The molecule has 0 spiro atoms. The number of nitrogens with one attached hydrogen (secondary N) is 2. The standard InChI is InChI=1S/C13H20N4O2S2/c1-4-5-14-7-11-6-13(20-9-11)21(18,19)16-12-8-17(3)15-10(12)2/h6,8-9,14,16H,4-5,7H2,1-3H3. The van der Waals surface area contributed by atoms with Gasteiger partial charge >= 0.3 is 0 Å². The molecule has 0 aliphatic rings. The fourth-order valence-corrected chi connectivity index (χ4v) is 4.20. The van der Waals surface area contributed by atoms with Gasteiger partial charge in [-0.2, -0.15) is 5.10 Å². The molecule has 0 aromatic carbocycles. The van der Waals surface area contributed by atoms with E-state index >= 15 is 0 Å². The predicted octanol–water partition coefficient (Wildman–Crippen LogP) is 2.09. The molecule has 2 aromatic heterocycles. The first kappa shape index (κ1) is 16.0. The van der Waals surface area contributed by atoms with E-state index in [2.05, 4.69) is 22.1 Å². The maximum Gasteiger partial charge on any atom is 0.271 e. The Hall–Kier alpha value is -1.38. The third-order valence-electron chi connectivity index (χ3n) is 2.91. The van der Waals surface area contributed by atoms with Gasteiger partial charge in [0.15, 0.2) is 0 Å². The highest BCUT2D eigenvalue weighted by Gasteiger charge is 2.19. The molecule has 0 saturated heterocycles. The second kappa shape index (κ2) is 6.59. The molecule has 2 rings (SSSR count). The van der Waals surface area contributed by atoms with Crippen LogP contribution in [0.15, 0.2) is 21.9 Å². The van der Waals surface area contributed by atoms with E-state index < -0.39 is 10.0 Å². The van der Waals surface area contributed by atoms with E-state index in [9.17, 15) is 8.42 Å². The van der Waals surface area contributed by atoms with E-state index in [1.54, 1.807) is 30.9 Å². The summed E-state index contributed by atoms with van der Waals surface area (Å²) in [6.07, 6.45) is 2.71. The van der Waals surface area contributed by atoms with Crippen LogP contribution in [0.1, 0.15) is 24.6 Å². The van der Waals surface area contributed by atoms with Gasteiger partial charge in [0.05, 0.1) is 11.4 Å². The van der Waals surface area contributed by atoms with Gasteiger partial charge in [-0.15, -0.1) is 11.3 Å². The van der Waals surface area contributed by atoms with Gasteiger partial charge in [-0.1, -0.05) is 6.92 Å². The number of nitrogens with zero attached hydrogens (tertiary/aromatic N) is 2. The molecule has 0 saturated carbocycles. The highest BCUT2D eigenvalue weighted by Crippen LogP contribution is 2.24. The van der Waals surface area contributed by atoms with Crippen LogP contribution in [0.25, 0.3) is 0 Å². The lowest BCUT2D eigenvalue weighted by atomic mass is 10.3.